The van der Waals surface area contributed by atoms with Gasteiger partial charge >= 0.3 is 5.97 Å². The summed E-state index contributed by atoms with van der Waals surface area (Å²) in [7, 11) is 0. The van der Waals surface area contributed by atoms with Crippen molar-refractivity contribution in [3.63, 3.8) is 0 Å². The molecule has 1 atom stereocenters. The van der Waals surface area contributed by atoms with Crippen LogP contribution in [0.2, 0.25) is 0 Å². The van der Waals surface area contributed by atoms with Crippen molar-refractivity contribution in [2.75, 3.05) is 18.1 Å². The maximum atomic E-state index is 15.5. The normalized spacial score (nSPS) is 15.5. The summed E-state index contributed by atoms with van der Waals surface area (Å²) in [6, 6.07) is 13.5. The highest BCUT2D eigenvalue weighted by molar-refractivity contribution is 5.94. The van der Waals surface area contributed by atoms with Gasteiger partial charge in [-0.3, -0.25) is 4.79 Å². The summed E-state index contributed by atoms with van der Waals surface area (Å²) >= 11 is 0. The fourth-order valence-corrected chi connectivity index (χ4v) is 4.93. The molecule has 1 aliphatic rings. The Kier molecular flexibility index (Phi) is 5.56. The second-order valence-electron chi connectivity index (χ2n) is 8.94. The minimum Gasteiger partial charge on any atom is -0.477 e. The number of aromatic carboxylic acids is 1. The van der Waals surface area contributed by atoms with Gasteiger partial charge in [-0.25, -0.2) is 19.2 Å². The Labute approximate surface area is 209 Å². The van der Waals surface area contributed by atoms with Crippen molar-refractivity contribution in [1.29, 1.82) is 0 Å². The van der Waals surface area contributed by atoms with E-state index < -0.39 is 22.8 Å². The standard InChI is InChI=1S/C27H22FN5O4/c28-20-11-18-23(12-24(20)32-9-3-4-17(32)14-37-25-5-1-2-8-29-25)33(13-19(26(18)34)27(35)36)16-6-7-21-22(10-16)31-15-30-21/h1-2,5-8,10-13,15,17H,3-4,9,14H2,(H,30,31)(H,35,36)/t17-/m1/s1. The number of carbonyl (C=O) groups is 1. The van der Waals surface area contributed by atoms with E-state index in [1.54, 1.807) is 47.4 Å². The van der Waals surface area contributed by atoms with Crippen molar-refractivity contribution in [3.8, 4) is 11.6 Å². The van der Waals surface area contributed by atoms with Crippen LogP contribution in [0.1, 0.15) is 23.2 Å². The van der Waals surface area contributed by atoms with Crippen molar-refractivity contribution in [2.45, 2.75) is 18.9 Å². The van der Waals surface area contributed by atoms with E-state index in [2.05, 4.69) is 15.0 Å². The number of fused-ring (bicyclic) bond motifs is 2. The third kappa shape index (κ3) is 4.06. The Hall–Kier alpha value is -4.73. The molecule has 5 aromatic rings. The average molecular weight is 500 g/mol. The largest absolute Gasteiger partial charge is 0.477 e. The number of aromatic amines is 1. The zero-order chi connectivity index (χ0) is 25.5. The monoisotopic (exact) mass is 499 g/mol. The summed E-state index contributed by atoms with van der Waals surface area (Å²) in [5, 5.41) is 9.66. The van der Waals surface area contributed by atoms with Gasteiger partial charge in [0.15, 0.2) is 0 Å². The summed E-state index contributed by atoms with van der Waals surface area (Å²) in [5.41, 5.74) is 1.64. The third-order valence-corrected chi connectivity index (χ3v) is 6.73. The van der Waals surface area contributed by atoms with Gasteiger partial charge in [0, 0.05) is 36.1 Å². The first-order valence-corrected chi connectivity index (χ1v) is 11.9. The summed E-state index contributed by atoms with van der Waals surface area (Å²) in [4.78, 5) is 38.3. The fraction of sp³-hybridized carbons (Fsp3) is 0.185. The molecule has 186 valence electrons. The molecule has 0 amide bonds. The lowest BCUT2D eigenvalue weighted by Crippen LogP contribution is -2.35. The topological polar surface area (TPSA) is 113 Å². The first-order chi connectivity index (χ1) is 18.0. The van der Waals surface area contributed by atoms with Crippen LogP contribution < -0.4 is 15.1 Å². The molecule has 0 spiro atoms. The van der Waals surface area contributed by atoms with Crippen LogP contribution >= 0.6 is 0 Å². The lowest BCUT2D eigenvalue weighted by Gasteiger charge is -2.27. The Morgan fingerprint density at radius 3 is 2.89 bits per heavy atom. The first-order valence-electron chi connectivity index (χ1n) is 11.9. The first kappa shape index (κ1) is 22.7. The van der Waals surface area contributed by atoms with Crippen LogP contribution in [-0.4, -0.2) is 49.8 Å². The Bertz CT molecular complexity index is 1700. The number of halogens is 1. The fourth-order valence-electron chi connectivity index (χ4n) is 4.93. The molecule has 2 N–H and O–H groups in total. The van der Waals surface area contributed by atoms with E-state index >= 15 is 4.39 Å². The van der Waals surface area contributed by atoms with Gasteiger partial charge in [-0.15, -0.1) is 0 Å². The van der Waals surface area contributed by atoms with Crippen molar-refractivity contribution < 1.29 is 19.0 Å². The smallest absolute Gasteiger partial charge is 0.341 e. The number of anilines is 1. The quantitative estimate of drug-likeness (QED) is 0.361. The van der Waals surface area contributed by atoms with Crippen molar-refractivity contribution in [3.05, 3.63) is 88.9 Å². The summed E-state index contributed by atoms with van der Waals surface area (Å²) in [5.74, 6) is -1.47. The second kappa shape index (κ2) is 9.05. The Balaban J connectivity index is 1.47. The zero-order valence-electron chi connectivity index (χ0n) is 19.6. The van der Waals surface area contributed by atoms with Crippen molar-refractivity contribution in [1.82, 2.24) is 19.5 Å². The van der Waals surface area contributed by atoms with Crippen LogP contribution in [-0.2, 0) is 0 Å². The average Bonchev–Trinajstić information content (AvgIpc) is 3.57. The van der Waals surface area contributed by atoms with E-state index in [9.17, 15) is 14.7 Å². The van der Waals surface area contributed by atoms with Gasteiger partial charge in [0.25, 0.3) is 0 Å². The molecule has 2 aromatic carbocycles. The summed E-state index contributed by atoms with van der Waals surface area (Å²) in [6.07, 6.45) is 6.16. The molecule has 0 radical (unpaired) electrons. The maximum Gasteiger partial charge on any atom is 0.341 e. The highest BCUT2D eigenvalue weighted by atomic mass is 19.1. The molecule has 4 heterocycles. The van der Waals surface area contributed by atoms with Gasteiger partial charge in [0.1, 0.15) is 18.0 Å². The SMILES string of the molecule is O=C(O)c1cn(-c2ccc3[nH]cnc3c2)c2cc(N3CCC[C@@H]3COc3ccccn3)c(F)cc2c1=O. The minimum atomic E-state index is -1.38. The van der Waals surface area contributed by atoms with Crippen LogP contribution in [0.3, 0.4) is 0 Å². The molecule has 0 unspecified atom stereocenters. The van der Waals surface area contributed by atoms with Crippen LogP contribution in [0.15, 0.2) is 72.0 Å². The number of benzene rings is 2. The lowest BCUT2D eigenvalue weighted by atomic mass is 10.1. The van der Waals surface area contributed by atoms with Crippen LogP contribution in [0.4, 0.5) is 10.1 Å². The summed E-state index contributed by atoms with van der Waals surface area (Å²) < 4.78 is 23.0. The van der Waals surface area contributed by atoms with Crippen LogP contribution in [0.5, 0.6) is 5.88 Å². The molecule has 10 heteroatoms. The number of carboxylic acids is 1. The van der Waals surface area contributed by atoms with Gasteiger partial charge in [-0.2, -0.15) is 0 Å². The van der Waals surface area contributed by atoms with Crippen molar-refractivity contribution >= 4 is 33.6 Å². The van der Waals surface area contributed by atoms with Gasteiger partial charge < -0.3 is 24.3 Å². The molecule has 1 aliphatic heterocycles. The molecule has 1 fully saturated rings. The molecule has 1 saturated heterocycles. The number of pyridine rings is 2. The van der Waals surface area contributed by atoms with E-state index in [0.717, 1.165) is 24.4 Å². The lowest BCUT2D eigenvalue weighted by molar-refractivity contribution is 0.0695. The van der Waals surface area contributed by atoms with Gasteiger partial charge in [-0.05, 0) is 49.2 Å². The van der Waals surface area contributed by atoms with Crippen LogP contribution in [0.25, 0.3) is 27.6 Å². The Morgan fingerprint density at radius 1 is 1.19 bits per heavy atom. The number of imidazole rings is 1. The highest BCUT2D eigenvalue weighted by Crippen LogP contribution is 2.32. The molecular formula is C27H22FN5O4. The Morgan fingerprint density at radius 2 is 2.08 bits per heavy atom. The number of ether oxygens (including phenoxy) is 1. The predicted molar refractivity (Wildman–Crippen MR) is 136 cm³/mol. The maximum absolute atomic E-state index is 15.5. The van der Waals surface area contributed by atoms with Crippen LogP contribution in [0, 0.1) is 5.82 Å². The molecule has 37 heavy (non-hydrogen) atoms. The molecule has 0 saturated carbocycles. The van der Waals surface area contributed by atoms with E-state index in [1.165, 1.54) is 6.20 Å². The number of carboxylic acid groups (broad SMARTS) is 1. The van der Waals surface area contributed by atoms with Crippen molar-refractivity contribution in [2.24, 2.45) is 0 Å². The number of aromatic nitrogens is 4. The molecule has 6 rings (SSSR count). The van der Waals surface area contributed by atoms with E-state index in [-0.39, 0.29) is 11.4 Å². The number of hydrogen-bond acceptors (Lipinski definition) is 6. The van der Waals surface area contributed by atoms with E-state index in [4.69, 9.17) is 4.74 Å². The highest BCUT2D eigenvalue weighted by Gasteiger charge is 2.29. The molecular weight excluding hydrogens is 477 g/mol. The van der Waals surface area contributed by atoms with E-state index in [0.29, 0.717) is 41.4 Å². The number of H-pyrrole nitrogens is 1. The minimum absolute atomic E-state index is 0.0104. The second-order valence-corrected chi connectivity index (χ2v) is 8.94. The number of nitrogens with one attached hydrogen (secondary N) is 1. The number of hydrogen-bond donors (Lipinski definition) is 2. The molecule has 0 aliphatic carbocycles. The van der Waals surface area contributed by atoms with Gasteiger partial charge in [0.05, 0.1) is 34.6 Å². The predicted octanol–water partition coefficient (Wildman–Crippen LogP) is 4.15. The summed E-state index contributed by atoms with van der Waals surface area (Å²) in [6.45, 7) is 0.949. The number of rotatable bonds is 6. The van der Waals surface area contributed by atoms with Gasteiger partial charge in [0.2, 0.25) is 11.3 Å². The van der Waals surface area contributed by atoms with Gasteiger partial charge in [-0.1, -0.05) is 6.07 Å². The molecule has 9 nitrogen and oxygen atoms in total. The van der Waals surface area contributed by atoms with E-state index in [1.807, 2.05) is 17.0 Å². The molecule has 3 aromatic heterocycles. The zero-order valence-corrected chi connectivity index (χ0v) is 19.6. The third-order valence-electron chi connectivity index (χ3n) is 6.73. The number of nitrogens with zero attached hydrogens (tertiary/aromatic N) is 4. The molecule has 0 bridgehead atoms.